The lowest BCUT2D eigenvalue weighted by Gasteiger charge is -2.08. The first-order chi connectivity index (χ1) is 10.6. The minimum absolute atomic E-state index is 0.309. The molecular formula is C17H17NO3S. The number of thioether (sulfide) groups is 1. The zero-order valence-electron chi connectivity index (χ0n) is 12.5. The Kier molecular flexibility index (Phi) is 5.61. The van der Waals surface area contributed by atoms with E-state index in [9.17, 15) is 9.59 Å². The molecule has 4 nitrogen and oxygen atoms in total. The van der Waals surface area contributed by atoms with E-state index in [2.05, 4.69) is 5.32 Å². The van der Waals surface area contributed by atoms with Crippen LogP contribution in [0.2, 0.25) is 0 Å². The van der Waals surface area contributed by atoms with Crippen molar-refractivity contribution < 1.29 is 14.3 Å². The molecule has 2 aromatic carbocycles. The zero-order valence-corrected chi connectivity index (χ0v) is 13.3. The molecule has 0 heterocycles. The van der Waals surface area contributed by atoms with Crippen LogP contribution in [0.3, 0.4) is 0 Å². The van der Waals surface area contributed by atoms with Gasteiger partial charge in [0.05, 0.1) is 5.56 Å². The number of anilines is 1. The molecule has 0 spiro atoms. The van der Waals surface area contributed by atoms with Crippen molar-refractivity contribution in [3.8, 4) is 0 Å². The molecule has 22 heavy (non-hydrogen) atoms. The fourth-order valence-electron chi connectivity index (χ4n) is 1.88. The van der Waals surface area contributed by atoms with Crippen LogP contribution >= 0.6 is 11.8 Å². The maximum absolute atomic E-state index is 11.8. The first kappa shape index (κ1) is 16.1. The first-order valence-electron chi connectivity index (χ1n) is 6.76. The Balaban J connectivity index is 1.88. The van der Waals surface area contributed by atoms with Crippen LogP contribution in [0.15, 0.2) is 53.4 Å². The van der Waals surface area contributed by atoms with Crippen molar-refractivity contribution in [2.75, 3.05) is 18.2 Å². The third-order valence-corrected chi connectivity index (χ3v) is 3.67. The smallest absolute Gasteiger partial charge is 0.338 e. The van der Waals surface area contributed by atoms with E-state index < -0.39 is 5.97 Å². The molecule has 0 unspecified atom stereocenters. The second-order valence-corrected chi connectivity index (χ2v) is 5.61. The molecule has 0 aliphatic heterocycles. The normalized spacial score (nSPS) is 10.1. The van der Waals surface area contributed by atoms with Gasteiger partial charge in [0, 0.05) is 10.6 Å². The van der Waals surface area contributed by atoms with Gasteiger partial charge in [-0.05, 0) is 43.5 Å². The second kappa shape index (κ2) is 7.66. The minimum Gasteiger partial charge on any atom is -0.452 e. The molecule has 2 rings (SSSR count). The fourth-order valence-corrected chi connectivity index (χ4v) is 2.34. The predicted octanol–water partition coefficient (Wildman–Crippen LogP) is 3.51. The van der Waals surface area contributed by atoms with Crippen LogP contribution in [-0.4, -0.2) is 24.7 Å². The Bertz CT molecular complexity index is 685. The SMILES string of the molecule is CSc1cccc(NC(=O)COC(=O)c2cccc(C)c2)c1. The van der Waals surface area contributed by atoms with Gasteiger partial charge in [0.15, 0.2) is 6.61 Å². The number of nitrogens with one attached hydrogen (secondary N) is 1. The molecule has 1 amide bonds. The van der Waals surface area contributed by atoms with Gasteiger partial charge in [0.2, 0.25) is 0 Å². The number of amides is 1. The van der Waals surface area contributed by atoms with Gasteiger partial charge in [0.1, 0.15) is 0 Å². The molecule has 0 bridgehead atoms. The lowest BCUT2D eigenvalue weighted by Crippen LogP contribution is -2.20. The van der Waals surface area contributed by atoms with Gasteiger partial charge in [-0.2, -0.15) is 0 Å². The first-order valence-corrected chi connectivity index (χ1v) is 7.98. The maximum Gasteiger partial charge on any atom is 0.338 e. The second-order valence-electron chi connectivity index (χ2n) is 4.73. The third kappa shape index (κ3) is 4.63. The Morgan fingerprint density at radius 3 is 2.64 bits per heavy atom. The number of hydrogen-bond acceptors (Lipinski definition) is 4. The molecule has 2 aromatic rings. The lowest BCUT2D eigenvalue weighted by atomic mass is 10.1. The number of hydrogen-bond donors (Lipinski definition) is 1. The topological polar surface area (TPSA) is 55.4 Å². The summed E-state index contributed by atoms with van der Waals surface area (Å²) in [6.07, 6.45) is 1.96. The van der Waals surface area contributed by atoms with E-state index >= 15 is 0 Å². The molecule has 0 saturated heterocycles. The summed E-state index contributed by atoms with van der Waals surface area (Å²) in [4.78, 5) is 24.7. The standard InChI is InChI=1S/C17H17NO3S/c1-12-5-3-6-13(9-12)17(20)21-11-16(19)18-14-7-4-8-15(10-14)22-2/h3-10H,11H2,1-2H3,(H,18,19). The molecular weight excluding hydrogens is 298 g/mol. The molecule has 0 fully saturated rings. The van der Waals surface area contributed by atoms with Crippen molar-refractivity contribution in [1.29, 1.82) is 0 Å². The zero-order chi connectivity index (χ0) is 15.9. The monoisotopic (exact) mass is 315 g/mol. The molecule has 0 aliphatic carbocycles. The Morgan fingerprint density at radius 2 is 1.91 bits per heavy atom. The number of benzene rings is 2. The maximum atomic E-state index is 11.8. The number of carbonyl (C=O) groups is 2. The number of carbonyl (C=O) groups excluding carboxylic acids is 2. The summed E-state index contributed by atoms with van der Waals surface area (Å²) in [6.45, 7) is 1.58. The van der Waals surface area contributed by atoms with Crippen LogP contribution in [0.5, 0.6) is 0 Å². The van der Waals surface area contributed by atoms with Crippen molar-refractivity contribution >= 4 is 29.3 Å². The van der Waals surface area contributed by atoms with Gasteiger partial charge >= 0.3 is 5.97 Å². The van der Waals surface area contributed by atoms with Gasteiger partial charge in [-0.3, -0.25) is 4.79 Å². The molecule has 114 valence electrons. The lowest BCUT2D eigenvalue weighted by molar-refractivity contribution is -0.119. The van der Waals surface area contributed by atoms with E-state index in [0.29, 0.717) is 11.3 Å². The van der Waals surface area contributed by atoms with E-state index in [0.717, 1.165) is 10.5 Å². The molecule has 5 heteroatoms. The summed E-state index contributed by atoms with van der Waals surface area (Å²) in [6, 6.07) is 14.5. The third-order valence-electron chi connectivity index (χ3n) is 2.94. The number of rotatable bonds is 5. The van der Waals surface area contributed by atoms with E-state index in [1.807, 2.05) is 37.4 Å². The highest BCUT2D eigenvalue weighted by molar-refractivity contribution is 7.98. The highest BCUT2D eigenvalue weighted by atomic mass is 32.2. The number of ether oxygens (including phenoxy) is 1. The highest BCUT2D eigenvalue weighted by Crippen LogP contribution is 2.18. The van der Waals surface area contributed by atoms with Crippen molar-refractivity contribution in [1.82, 2.24) is 0 Å². The van der Waals surface area contributed by atoms with Gasteiger partial charge in [-0.15, -0.1) is 11.8 Å². The predicted molar refractivity (Wildman–Crippen MR) is 88.3 cm³/mol. The average Bonchev–Trinajstić information content (AvgIpc) is 2.52. The largest absolute Gasteiger partial charge is 0.452 e. The van der Waals surface area contributed by atoms with Gasteiger partial charge in [0.25, 0.3) is 5.91 Å². The number of aryl methyl sites for hydroxylation is 1. The van der Waals surface area contributed by atoms with E-state index in [-0.39, 0.29) is 12.5 Å². The number of esters is 1. The van der Waals surface area contributed by atoms with E-state index in [1.54, 1.807) is 36.0 Å². The van der Waals surface area contributed by atoms with Crippen molar-refractivity contribution in [3.63, 3.8) is 0 Å². The molecule has 0 aliphatic rings. The molecule has 1 N–H and O–H groups in total. The van der Waals surface area contributed by atoms with Crippen LogP contribution < -0.4 is 5.32 Å². The van der Waals surface area contributed by atoms with Crippen LogP contribution in [0.4, 0.5) is 5.69 Å². The summed E-state index contributed by atoms with van der Waals surface area (Å²) in [7, 11) is 0. The fraction of sp³-hybridized carbons (Fsp3) is 0.176. The Hall–Kier alpha value is -2.27. The summed E-state index contributed by atoms with van der Waals surface area (Å²) in [5.41, 5.74) is 2.09. The van der Waals surface area contributed by atoms with Crippen LogP contribution in [0, 0.1) is 6.92 Å². The summed E-state index contributed by atoms with van der Waals surface area (Å²) < 4.78 is 5.02. The highest BCUT2D eigenvalue weighted by Gasteiger charge is 2.10. The van der Waals surface area contributed by atoms with Crippen molar-refractivity contribution in [2.24, 2.45) is 0 Å². The molecule has 0 atom stereocenters. The van der Waals surface area contributed by atoms with E-state index in [1.165, 1.54) is 0 Å². The van der Waals surface area contributed by atoms with Gasteiger partial charge in [-0.1, -0.05) is 23.8 Å². The molecule has 0 aromatic heterocycles. The van der Waals surface area contributed by atoms with Crippen LogP contribution in [-0.2, 0) is 9.53 Å². The quantitative estimate of drug-likeness (QED) is 0.677. The van der Waals surface area contributed by atoms with Crippen molar-refractivity contribution in [2.45, 2.75) is 11.8 Å². The Labute approximate surface area is 133 Å². The molecule has 0 radical (unpaired) electrons. The van der Waals surface area contributed by atoms with Crippen LogP contribution in [0.1, 0.15) is 15.9 Å². The summed E-state index contributed by atoms with van der Waals surface area (Å²) in [5, 5.41) is 2.71. The minimum atomic E-state index is -0.503. The average molecular weight is 315 g/mol. The summed E-state index contributed by atoms with van der Waals surface area (Å²) in [5.74, 6) is -0.865. The van der Waals surface area contributed by atoms with Crippen molar-refractivity contribution in [3.05, 3.63) is 59.7 Å². The van der Waals surface area contributed by atoms with E-state index in [4.69, 9.17) is 4.74 Å². The summed E-state index contributed by atoms with van der Waals surface area (Å²) >= 11 is 1.59. The van der Waals surface area contributed by atoms with Gasteiger partial charge in [-0.25, -0.2) is 4.79 Å². The Morgan fingerprint density at radius 1 is 1.14 bits per heavy atom. The van der Waals surface area contributed by atoms with Gasteiger partial charge < -0.3 is 10.1 Å². The van der Waals surface area contributed by atoms with Crippen LogP contribution in [0.25, 0.3) is 0 Å². The molecule has 0 saturated carbocycles.